The van der Waals surface area contributed by atoms with E-state index in [1.165, 1.54) is 17.4 Å². The molecule has 0 spiro atoms. The van der Waals surface area contributed by atoms with E-state index in [1.54, 1.807) is 12.1 Å². The first-order chi connectivity index (χ1) is 10.9. The maximum Gasteiger partial charge on any atom is 0.313 e. The fourth-order valence-corrected chi connectivity index (χ4v) is 3.30. The Kier molecular flexibility index (Phi) is 6.04. The molecule has 0 aliphatic rings. The molecule has 2 aromatic rings. The Hall–Kier alpha value is -1.56. The number of benzene rings is 1. The van der Waals surface area contributed by atoms with E-state index in [4.69, 9.17) is 23.2 Å². The number of amides is 2. The molecule has 1 unspecified atom stereocenters. The van der Waals surface area contributed by atoms with Crippen LogP contribution in [0.5, 0.6) is 0 Å². The molecule has 7 heteroatoms. The summed E-state index contributed by atoms with van der Waals surface area (Å²) in [5, 5.41) is 7.90. The van der Waals surface area contributed by atoms with Gasteiger partial charge in [-0.25, -0.2) is 0 Å². The summed E-state index contributed by atoms with van der Waals surface area (Å²) in [5.41, 5.74) is 0.302. The Morgan fingerprint density at radius 2 is 1.87 bits per heavy atom. The molecule has 2 rings (SSSR count). The normalized spacial score (nSPS) is 12.0. The second-order valence-electron chi connectivity index (χ2n) is 5.29. The Bertz CT molecular complexity index is 702. The van der Waals surface area contributed by atoms with Crippen LogP contribution in [0.25, 0.3) is 0 Å². The van der Waals surface area contributed by atoms with Crippen LogP contribution in [0.4, 0.5) is 5.69 Å². The van der Waals surface area contributed by atoms with Gasteiger partial charge in [0.15, 0.2) is 0 Å². The van der Waals surface area contributed by atoms with E-state index in [0.29, 0.717) is 15.7 Å². The molecule has 0 radical (unpaired) electrons. The molecule has 2 N–H and O–H groups in total. The molecule has 1 aromatic heterocycles. The molecular formula is C16H16Cl2N2O2S. The van der Waals surface area contributed by atoms with Gasteiger partial charge in [-0.1, -0.05) is 43.1 Å². The lowest BCUT2D eigenvalue weighted by molar-refractivity contribution is -0.136. The third kappa shape index (κ3) is 4.70. The first-order valence-electron chi connectivity index (χ1n) is 6.98. The van der Waals surface area contributed by atoms with Crippen LogP contribution in [0.2, 0.25) is 10.0 Å². The number of thiophene rings is 1. The second-order valence-corrected chi connectivity index (χ2v) is 7.11. The van der Waals surface area contributed by atoms with Crippen LogP contribution in [0.15, 0.2) is 35.7 Å². The molecule has 0 fully saturated rings. The van der Waals surface area contributed by atoms with Crippen molar-refractivity contribution in [2.24, 2.45) is 5.92 Å². The lowest BCUT2D eigenvalue weighted by atomic mass is 10.0. The van der Waals surface area contributed by atoms with Crippen LogP contribution < -0.4 is 10.6 Å². The van der Waals surface area contributed by atoms with E-state index >= 15 is 0 Å². The van der Waals surface area contributed by atoms with Gasteiger partial charge in [0.25, 0.3) is 0 Å². The number of hydrogen-bond donors (Lipinski definition) is 2. The van der Waals surface area contributed by atoms with Crippen LogP contribution in [-0.2, 0) is 9.59 Å². The Morgan fingerprint density at radius 1 is 1.13 bits per heavy atom. The van der Waals surface area contributed by atoms with Gasteiger partial charge in [-0.15, -0.1) is 11.3 Å². The van der Waals surface area contributed by atoms with Crippen LogP contribution >= 0.6 is 34.5 Å². The van der Waals surface area contributed by atoms with Crippen molar-refractivity contribution in [3.63, 3.8) is 0 Å². The minimum atomic E-state index is -0.781. The Labute approximate surface area is 148 Å². The Morgan fingerprint density at radius 3 is 2.48 bits per heavy atom. The minimum Gasteiger partial charge on any atom is -0.340 e. The van der Waals surface area contributed by atoms with E-state index in [0.717, 1.165) is 4.88 Å². The topological polar surface area (TPSA) is 58.2 Å². The molecule has 1 aromatic carbocycles. The van der Waals surface area contributed by atoms with Crippen molar-refractivity contribution < 1.29 is 9.59 Å². The number of nitrogens with one attached hydrogen (secondary N) is 2. The summed E-state index contributed by atoms with van der Waals surface area (Å²) in [4.78, 5) is 25.2. The van der Waals surface area contributed by atoms with Crippen LogP contribution in [0.1, 0.15) is 24.8 Å². The lowest BCUT2D eigenvalue weighted by Crippen LogP contribution is -2.39. The zero-order chi connectivity index (χ0) is 17.0. The maximum atomic E-state index is 12.2. The van der Waals surface area contributed by atoms with E-state index in [9.17, 15) is 9.59 Å². The number of hydrogen-bond acceptors (Lipinski definition) is 3. The summed E-state index contributed by atoms with van der Waals surface area (Å²) in [6.45, 7) is 3.97. The molecule has 0 aliphatic heterocycles. The highest BCUT2D eigenvalue weighted by molar-refractivity contribution is 7.10. The summed E-state index contributed by atoms with van der Waals surface area (Å²) in [7, 11) is 0. The van der Waals surface area contributed by atoms with Crippen molar-refractivity contribution in [3.8, 4) is 0 Å². The fraction of sp³-hybridized carbons (Fsp3) is 0.250. The van der Waals surface area contributed by atoms with Gasteiger partial charge >= 0.3 is 11.8 Å². The molecule has 0 saturated carbocycles. The largest absolute Gasteiger partial charge is 0.340 e. The van der Waals surface area contributed by atoms with Crippen molar-refractivity contribution in [2.45, 2.75) is 19.9 Å². The van der Waals surface area contributed by atoms with Gasteiger partial charge in [0, 0.05) is 9.90 Å². The summed E-state index contributed by atoms with van der Waals surface area (Å²) in [6.07, 6.45) is 0. The summed E-state index contributed by atoms with van der Waals surface area (Å²) < 4.78 is 0. The Balaban J connectivity index is 2.07. The van der Waals surface area contributed by atoms with Crippen LogP contribution in [0.3, 0.4) is 0 Å². The van der Waals surface area contributed by atoms with Crippen molar-refractivity contribution in [3.05, 3.63) is 50.6 Å². The predicted molar refractivity (Wildman–Crippen MR) is 95.1 cm³/mol. The highest BCUT2D eigenvalue weighted by Gasteiger charge is 2.23. The van der Waals surface area contributed by atoms with E-state index < -0.39 is 11.8 Å². The molecule has 2 amide bonds. The zero-order valence-electron chi connectivity index (χ0n) is 12.6. The lowest BCUT2D eigenvalue weighted by Gasteiger charge is -2.21. The smallest absolute Gasteiger partial charge is 0.313 e. The summed E-state index contributed by atoms with van der Waals surface area (Å²) in [6, 6.07) is 8.27. The molecular weight excluding hydrogens is 355 g/mol. The van der Waals surface area contributed by atoms with Crippen molar-refractivity contribution in [2.75, 3.05) is 5.32 Å². The van der Waals surface area contributed by atoms with E-state index in [-0.39, 0.29) is 12.0 Å². The molecule has 0 aliphatic carbocycles. The van der Waals surface area contributed by atoms with Crippen molar-refractivity contribution >= 4 is 52.0 Å². The number of carbonyl (C=O) groups is 2. The average Bonchev–Trinajstić information content (AvgIpc) is 3.01. The molecule has 4 nitrogen and oxygen atoms in total. The number of halogens is 2. The third-order valence-electron chi connectivity index (χ3n) is 3.19. The number of rotatable bonds is 4. The molecule has 23 heavy (non-hydrogen) atoms. The van der Waals surface area contributed by atoms with Gasteiger partial charge in [0.2, 0.25) is 0 Å². The van der Waals surface area contributed by atoms with E-state index in [1.807, 2.05) is 31.4 Å². The van der Waals surface area contributed by atoms with Crippen molar-refractivity contribution in [1.82, 2.24) is 5.32 Å². The van der Waals surface area contributed by atoms with Crippen LogP contribution in [-0.4, -0.2) is 11.8 Å². The molecule has 122 valence electrons. The minimum absolute atomic E-state index is 0.153. The van der Waals surface area contributed by atoms with Gasteiger partial charge in [-0.2, -0.15) is 0 Å². The van der Waals surface area contributed by atoms with Gasteiger partial charge < -0.3 is 10.6 Å². The first kappa shape index (κ1) is 17.8. The quantitative estimate of drug-likeness (QED) is 0.777. The number of carbonyl (C=O) groups excluding carboxylic acids is 2. The molecule has 0 bridgehead atoms. The molecule has 1 atom stereocenters. The second kappa shape index (κ2) is 7.81. The zero-order valence-corrected chi connectivity index (χ0v) is 14.9. The first-order valence-corrected chi connectivity index (χ1v) is 8.62. The van der Waals surface area contributed by atoms with Gasteiger partial charge in [0.1, 0.15) is 0 Å². The summed E-state index contributed by atoms with van der Waals surface area (Å²) in [5.74, 6) is -1.34. The maximum absolute atomic E-state index is 12.2. The average molecular weight is 371 g/mol. The standard InChI is InChI=1S/C16H16Cl2N2O2S/c1-9(2)14(13-4-3-7-23-13)20-16(22)15(21)19-12-8-10(17)5-6-11(12)18/h3-9,14H,1-2H3,(H,19,21)(H,20,22). The fourth-order valence-electron chi connectivity index (χ4n) is 2.01. The van der Waals surface area contributed by atoms with Crippen molar-refractivity contribution in [1.29, 1.82) is 0 Å². The number of anilines is 1. The van der Waals surface area contributed by atoms with Gasteiger partial charge in [0.05, 0.1) is 16.8 Å². The SMILES string of the molecule is CC(C)C(NC(=O)C(=O)Nc1cc(Cl)ccc1Cl)c1cccs1. The molecule has 0 saturated heterocycles. The van der Waals surface area contributed by atoms with E-state index in [2.05, 4.69) is 10.6 Å². The highest BCUT2D eigenvalue weighted by Crippen LogP contribution is 2.27. The highest BCUT2D eigenvalue weighted by atomic mass is 35.5. The monoisotopic (exact) mass is 370 g/mol. The molecule has 1 heterocycles. The summed E-state index contributed by atoms with van der Waals surface area (Å²) >= 11 is 13.4. The predicted octanol–water partition coefficient (Wildman–Crippen LogP) is 4.51. The van der Waals surface area contributed by atoms with Gasteiger partial charge in [-0.3, -0.25) is 9.59 Å². The third-order valence-corrected chi connectivity index (χ3v) is 4.71. The van der Waals surface area contributed by atoms with Gasteiger partial charge in [-0.05, 0) is 35.6 Å². The van der Waals surface area contributed by atoms with Crippen LogP contribution in [0, 0.1) is 5.92 Å².